The van der Waals surface area contributed by atoms with Crippen LogP contribution in [0.2, 0.25) is 0 Å². The van der Waals surface area contributed by atoms with Crippen molar-refractivity contribution in [3.05, 3.63) is 69.2 Å². The predicted molar refractivity (Wildman–Crippen MR) is 334 cm³/mol. The third kappa shape index (κ3) is 13.8. The number of aliphatic hydroxyl groups excluding tert-OH is 2. The smallest absolute Gasteiger partial charge is 0.472 e. The van der Waals surface area contributed by atoms with Gasteiger partial charge >= 0.3 is 7.82 Å². The van der Waals surface area contributed by atoms with Crippen molar-refractivity contribution in [3.8, 4) is 0 Å². The van der Waals surface area contributed by atoms with Gasteiger partial charge in [-0.2, -0.15) is 5.70 Å². The number of ether oxygens (including phenoxy) is 1. The molecule has 1 aromatic carbocycles. The third-order valence-corrected chi connectivity index (χ3v) is 21.6. The van der Waals surface area contributed by atoms with Gasteiger partial charge in [-0.3, -0.25) is 57.6 Å². The number of phosphoric ester groups is 1. The largest absolute Gasteiger partial charge is 0.682 e. The second-order valence-corrected chi connectivity index (χ2v) is 28.4. The van der Waals surface area contributed by atoms with E-state index in [0.29, 0.717) is 56.4 Å². The van der Waals surface area contributed by atoms with E-state index in [1.54, 1.807) is 11.5 Å². The van der Waals surface area contributed by atoms with E-state index in [1.807, 2.05) is 80.5 Å². The van der Waals surface area contributed by atoms with Crippen molar-refractivity contribution < 1.29 is 83.8 Å². The van der Waals surface area contributed by atoms with Crippen molar-refractivity contribution in [1.82, 2.24) is 14.9 Å². The minimum atomic E-state index is -5.07. The maximum absolute atomic E-state index is 14.4. The summed E-state index contributed by atoms with van der Waals surface area (Å²) in [6, 6.07) is 2.68. The molecule has 7 heterocycles. The SMILES string of the molecule is CC1=C2N=C(C=C3N=C(C(C)=C4[N-]C(C(CC(N)=O)C4(C)CCC(=O)NCC(C)OP(=O)(O)OC4C(CO)OC(n5cnc6cc(C)c(C)cc65)C4O)C4(C)N=C1C(CCC(N)=O)C4(C)CC(N)=O)C(CCC(N)=O)C3(C)C)C(CCC(N)=O)C2(C)CC(N)=O.[Co]. The minimum absolute atomic E-state index is 0. The molecule has 16 N–H and O–H groups in total. The molecule has 0 saturated carbocycles. The number of aliphatic imine (C=N–C) groups is 3. The van der Waals surface area contributed by atoms with Crippen LogP contribution in [0.15, 0.2) is 67.8 Å². The predicted octanol–water partition coefficient (Wildman–Crippen LogP) is 3.94. The summed E-state index contributed by atoms with van der Waals surface area (Å²) in [7, 11) is -5.07. The van der Waals surface area contributed by atoms with Crippen LogP contribution in [0.3, 0.4) is 0 Å². The number of nitrogens with zero attached hydrogens (tertiary/aromatic N) is 6. The maximum atomic E-state index is 14.4. The van der Waals surface area contributed by atoms with Crippen LogP contribution in [-0.2, 0) is 68.7 Å². The molecular weight excluding hydrogens is 1240 g/mol. The fraction of sp³-hybridized carbons (Fsp3) is 0.629. The van der Waals surface area contributed by atoms with Crippen molar-refractivity contribution >= 4 is 77.3 Å². The van der Waals surface area contributed by atoms with Gasteiger partial charge in [0.05, 0.1) is 41.3 Å². The number of aliphatic hydroxyl groups is 2. The molecule has 29 heteroatoms. The Balaban J connectivity index is 0.0000118. The third-order valence-electron chi connectivity index (χ3n) is 20.5. The molecule has 27 nitrogen and oxygen atoms in total. The Hall–Kier alpha value is -6.49. The first-order valence-corrected chi connectivity index (χ1v) is 32.0. The molecule has 2 aromatic rings. The first-order valence-electron chi connectivity index (χ1n) is 30.5. The summed E-state index contributed by atoms with van der Waals surface area (Å²) in [6.45, 7) is 19.1. The van der Waals surface area contributed by atoms with Gasteiger partial charge in [-0.1, -0.05) is 40.7 Å². The van der Waals surface area contributed by atoms with Crippen molar-refractivity contribution in [2.45, 2.75) is 189 Å². The number of hydrogen-bond donors (Lipinski definition) is 10. The van der Waals surface area contributed by atoms with Crippen LogP contribution >= 0.6 is 7.82 Å². The molecule has 8 rings (SSSR count). The minimum Gasteiger partial charge on any atom is -0.682 e. The molecule has 0 aliphatic carbocycles. The van der Waals surface area contributed by atoms with Gasteiger partial charge in [-0.05, 0) is 119 Å². The molecule has 0 spiro atoms. The van der Waals surface area contributed by atoms with Crippen molar-refractivity contribution in [2.75, 3.05) is 13.2 Å². The second kappa shape index (κ2) is 26.8. The number of nitrogens with one attached hydrogen (secondary N) is 1. The number of nitrogens with two attached hydrogens (primary N) is 6. The summed E-state index contributed by atoms with van der Waals surface area (Å²) >= 11 is 0. The van der Waals surface area contributed by atoms with Crippen LogP contribution < -0.4 is 39.7 Å². The first kappa shape index (κ1) is 71.9. The molecular formula is C62H89CoN13O14P-. The molecule has 8 bridgehead atoms. The molecule has 15 unspecified atom stereocenters. The number of hydrogen-bond acceptors (Lipinski definition) is 17. The van der Waals surface area contributed by atoms with Crippen molar-refractivity contribution in [1.29, 1.82) is 0 Å². The number of amides is 7. The van der Waals surface area contributed by atoms with E-state index in [9.17, 15) is 53.2 Å². The number of carbonyl (C=O) groups is 7. The molecule has 1 aromatic heterocycles. The van der Waals surface area contributed by atoms with Gasteiger partial charge < -0.3 is 69.4 Å². The summed E-state index contributed by atoms with van der Waals surface area (Å²) < 4.78 is 32.3. The average Bonchev–Trinajstić information content (AvgIpc) is 1.53. The van der Waals surface area contributed by atoms with Gasteiger partial charge in [0.25, 0.3) is 0 Å². The number of benzene rings is 1. The van der Waals surface area contributed by atoms with E-state index < -0.39 is 143 Å². The molecule has 2 fully saturated rings. The number of phosphoric acid groups is 1. The molecule has 1 radical (unpaired) electrons. The normalized spacial score (nSPS) is 31.7. The number of imidazole rings is 1. The summed E-state index contributed by atoms with van der Waals surface area (Å²) in [5, 5.41) is 30.2. The molecule has 6 aliphatic heterocycles. The summed E-state index contributed by atoms with van der Waals surface area (Å²) in [4.78, 5) is 125. The number of aryl methyl sites for hydroxylation is 2. The zero-order valence-corrected chi connectivity index (χ0v) is 55.5. The standard InChI is InChI=1S/C62H90N13O14P.Co/c1-29-20-39-40(21-30(29)2)75(28-70-39)57-52(84)53(41(27-76)87-57)89-90(85,86)88-31(3)26-69-49(83)18-19-59(8)37(22-46(66)80)56-62(11)61(10,25-48(68)82)36(14-17-45(65)79)51(74-62)33(5)55-60(9,24-47(67)81)34(12-15-43(63)77)38(71-55)23-42-58(6,7)35(13-16-44(64)78)50(72-42)32(4)54(59)73-56;/h20-21,23,28,31,34-37,41,52-53,56-57,76,84H,12-19,22,24-27H2,1-11H3,(H15,63,64,65,66,67,68,69,71,72,73,74,77,78,79,80,81,82,83,85,86);/p-1. The van der Waals surface area contributed by atoms with Gasteiger partial charge in [-0.25, -0.2) is 9.55 Å². The van der Waals surface area contributed by atoms with Gasteiger partial charge in [0.1, 0.15) is 18.3 Å². The van der Waals surface area contributed by atoms with Crippen LogP contribution in [-0.4, -0.2) is 132 Å². The molecule has 7 amide bonds. The number of primary amides is 6. The zero-order chi connectivity index (χ0) is 66.7. The number of carbonyl (C=O) groups excluding carboxylic acids is 7. The Morgan fingerprint density at radius 1 is 0.780 bits per heavy atom. The van der Waals surface area contributed by atoms with Crippen LogP contribution in [0.25, 0.3) is 16.4 Å². The Morgan fingerprint density at radius 2 is 1.37 bits per heavy atom. The molecule has 91 heavy (non-hydrogen) atoms. The molecule has 2 saturated heterocycles. The Morgan fingerprint density at radius 3 is 1.96 bits per heavy atom. The fourth-order valence-electron chi connectivity index (χ4n) is 15.3. The number of rotatable bonds is 26. The fourth-order valence-corrected chi connectivity index (χ4v) is 16.5. The van der Waals surface area contributed by atoms with Crippen LogP contribution in [0, 0.1) is 59.2 Å². The van der Waals surface area contributed by atoms with Gasteiger partial charge in [0, 0.05) is 125 Å². The van der Waals surface area contributed by atoms with Crippen LogP contribution in [0.4, 0.5) is 0 Å². The molecule has 501 valence electrons. The number of allylic oxidation sites excluding steroid dienone is 6. The quantitative estimate of drug-likeness (QED) is 0.0596. The van der Waals surface area contributed by atoms with E-state index in [0.717, 1.165) is 11.1 Å². The first-order chi connectivity index (χ1) is 41.8. The van der Waals surface area contributed by atoms with Gasteiger partial charge in [-0.15, -0.1) is 0 Å². The van der Waals surface area contributed by atoms with Crippen LogP contribution in [0.1, 0.15) is 150 Å². The zero-order valence-electron chi connectivity index (χ0n) is 53.5. The van der Waals surface area contributed by atoms with E-state index in [1.165, 1.54) is 13.3 Å². The van der Waals surface area contributed by atoms with Crippen LogP contribution in [0.5, 0.6) is 0 Å². The summed E-state index contributed by atoms with van der Waals surface area (Å²) in [6.07, 6.45) is -4.47. The second-order valence-electron chi connectivity index (χ2n) is 27.0. The van der Waals surface area contributed by atoms with E-state index >= 15 is 0 Å². The van der Waals surface area contributed by atoms with E-state index in [-0.39, 0.29) is 94.0 Å². The maximum Gasteiger partial charge on any atom is 0.472 e. The van der Waals surface area contributed by atoms with E-state index in [4.69, 9.17) is 68.5 Å². The molecule has 15 atom stereocenters. The summed E-state index contributed by atoms with van der Waals surface area (Å²) in [5.74, 6) is -7.34. The Bertz CT molecular complexity index is 3540. The van der Waals surface area contributed by atoms with Crippen molar-refractivity contribution in [3.63, 3.8) is 0 Å². The monoisotopic (exact) mass is 1330 g/mol. The van der Waals surface area contributed by atoms with Gasteiger partial charge in [0.2, 0.25) is 41.4 Å². The Labute approximate surface area is 539 Å². The number of fused-ring (bicyclic) bond motifs is 7. The van der Waals surface area contributed by atoms with E-state index in [2.05, 4.69) is 10.3 Å². The summed E-state index contributed by atoms with van der Waals surface area (Å²) in [5.41, 5.74) is 36.8. The average molecular weight is 1330 g/mol. The molecule has 6 aliphatic rings. The number of aromatic nitrogens is 2. The van der Waals surface area contributed by atoms with Gasteiger partial charge in [0.15, 0.2) is 6.23 Å². The van der Waals surface area contributed by atoms with Crippen molar-refractivity contribution in [2.24, 2.45) is 94.7 Å². The topological polar surface area (TPSA) is 462 Å². The Kier molecular flexibility index (Phi) is 21.2.